The van der Waals surface area contributed by atoms with Crippen molar-refractivity contribution < 1.29 is 17.9 Å². The minimum Gasteiger partial charge on any atom is -0.405 e. The van der Waals surface area contributed by atoms with Crippen LogP contribution in [0.5, 0.6) is 5.75 Å². The Kier molecular flexibility index (Phi) is 4.47. The zero-order chi connectivity index (χ0) is 19.6. The maximum atomic E-state index is 12.6. The fraction of sp³-hybridized carbons (Fsp3) is 0.118. The van der Waals surface area contributed by atoms with Gasteiger partial charge in [-0.1, -0.05) is 18.2 Å². The van der Waals surface area contributed by atoms with Crippen molar-refractivity contribution in [3.05, 3.63) is 60.2 Å². The molecule has 1 aromatic carbocycles. The lowest BCUT2D eigenvalue weighted by Crippen LogP contribution is -2.18. The van der Waals surface area contributed by atoms with E-state index >= 15 is 0 Å². The van der Waals surface area contributed by atoms with E-state index in [0.717, 1.165) is 0 Å². The average Bonchev–Trinajstić information content (AvgIpc) is 3.34. The number of nitrogens with one attached hydrogen (secondary N) is 2. The van der Waals surface area contributed by atoms with Crippen LogP contribution in [0.4, 0.5) is 13.2 Å². The highest BCUT2D eigenvalue weighted by molar-refractivity contribution is 5.63. The molecule has 28 heavy (non-hydrogen) atoms. The van der Waals surface area contributed by atoms with Gasteiger partial charge in [0.05, 0.1) is 17.6 Å². The molecule has 0 fully saturated rings. The van der Waals surface area contributed by atoms with Gasteiger partial charge in [0.15, 0.2) is 0 Å². The van der Waals surface area contributed by atoms with Crippen LogP contribution in [0, 0.1) is 0 Å². The molecule has 11 heteroatoms. The molecule has 0 atom stereocenters. The normalized spacial score (nSPS) is 11.5. The second-order valence-corrected chi connectivity index (χ2v) is 5.74. The molecule has 0 aliphatic rings. The average molecular weight is 387 g/mol. The van der Waals surface area contributed by atoms with Gasteiger partial charge in [-0.2, -0.15) is 5.21 Å². The molecule has 0 saturated carbocycles. The Labute approximate surface area is 155 Å². The number of rotatable bonds is 5. The molecule has 0 amide bonds. The van der Waals surface area contributed by atoms with Crippen LogP contribution in [0.1, 0.15) is 11.4 Å². The molecular weight excluding hydrogens is 375 g/mol. The van der Waals surface area contributed by atoms with Gasteiger partial charge in [0.25, 0.3) is 0 Å². The molecule has 0 bridgehead atoms. The highest BCUT2D eigenvalue weighted by atomic mass is 19.4. The lowest BCUT2D eigenvalue weighted by molar-refractivity contribution is -0.274. The van der Waals surface area contributed by atoms with Gasteiger partial charge < -0.3 is 9.72 Å². The predicted octanol–water partition coefficient (Wildman–Crippen LogP) is 3.14. The maximum Gasteiger partial charge on any atom is 0.573 e. The van der Waals surface area contributed by atoms with Crippen LogP contribution in [0.25, 0.3) is 22.8 Å². The van der Waals surface area contributed by atoms with Crippen LogP contribution in [-0.4, -0.2) is 41.9 Å². The van der Waals surface area contributed by atoms with Crippen LogP contribution >= 0.6 is 0 Å². The molecular formula is C17H12F3N7O. The van der Waals surface area contributed by atoms with Gasteiger partial charge in [0.1, 0.15) is 11.6 Å². The lowest BCUT2D eigenvalue weighted by atomic mass is 10.1. The second kappa shape index (κ2) is 7.10. The van der Waals surface area contributed by atoms with Crippen molar-refractivity contribution in [3.8, 4) is 28.5 Å². The maximum absolute atomic E-state index is 12.6. The molecule has 3 heterocycles. The first-order valence-electron chi connectivity index (χ1n) is 8.06. The molecule has 4 aromatic rings. The van der Waals surface area contributed by atoms with E-state index in [-0.39, 0.29) is 12.2 Å². The van der Waals surface area contributed by atoms with E-state index in [4.69, 9.17) is 0 Å². The predicted molar refractivity (Wildman–Crippen MR) is 90.9 cm³/mol. The van der Waals surface area contributed by atoms with Gasteiger partial charge >= 0.3 is 6.36 Å². The van der Waals surface area contributed by atoms with Crippen molar-refractivity contribution in [2.75, 3.05) is 0 Å². The second-order valence-electron chi connectivity index (χ2n) is 5.74. The van der Waals surface area contributed by atoms with Gasteiger partial charge in [-0.15, -0.1) is 23.4 Å². The molecule has 2 N–H and O–H groups in total. The van der Waals surface area contributed by atoms with Gasteiger partial charge in [-0.05, 0) is 23.4 Å². The Bertz CT molecular complexity index is 1080. The summed E-state index contributed by atoms with van der Waals surface area (Å²) in [5.74, 6) is 0.631. The first kappa shape index (κ1) is 17.6. The third kappa shape index (κ3) is 3.98. The van der Waals surface area contributed by atoms with Gasteiger partial charge in [-0.25, -0.2) is 4.98 Å². The van der Waals surface area contributed by atoms with Crippen LogP contribution in [0.3, 0.4) is 0 Å². The van der Waals surface area contributed by atoms with E-state index in [1.807, 2.05) is 0 Å². The molecule has 8 nitrogen and oxygen atoms in total. The number of halogens is 3. The third-order valence-electron chi connectivity index (χ3n) is 3.82. The number of alkyl halides is 3. The fourth-order valence-corrected chi connectivity index (χ4v) is 2.64. The minimum absolute atomic E-state index is 0.136. The standard InChI is InChI=1S/C17H12F3N7O/c18-17(19,20)28-14-4-2-1-3-10(14)8-15-22-9-13(23-15)12-7-11(5-6-21-12)16-24-26-27-25-16/h1-7,9H,8H2,(H,22,23)(H,24,25,26,27). The number of aromatic nitrogens is 7. The zero-order valence-electron chi connectivity index (χ0n) is 14.1. The summed E-state index contributed by atoms with van der Waals surface area (Å²) < 4.78 is 41.8. The minimum atomic E-state index is -4.76. The van der Waals surface area contributed by atoms with Crippen molar-refractivity contribution in [2.24, 2.45) is 0 Å². The van der Waals surface area contributed by atoms with Crippen LogP contribution in [-0.2, 0) is 6.42 Å². The summed E-state index contributed by atoms with van der Waals surface area (Å²) in [4.78, 5) is 11.6. The largest absolute Gasteiger partial charge is 0.573 e. The topological polar surface area (TPSA) is 105 Å². The summed E-state index contributed by atoms with van der Waals surface area (Å²) in [6.45, 7) is 0. The van der Waals surface area contributed by atoms with E-state index < -0.39 is 6.36 Å². The van der Waals surface area contributed by atoms with E-state index in [1.165, 1.54) is 12.1 Å². The summed E-state index contributed by atoms with van der Waals surface area (Å²) in [6, 6.07) is 9.42. The fourth-order valence-electron chi connectivity index (χ4n) is 2.64. The summed E-state index contributed by atoms with van der Waals surface area (Å²) in [5, 5.41) is 13.7. The number of H-pyrrole nitrogens is 2. The van der Waals surface area contributed by atoms with Gasteiger partial charge in [0.2, 0.25) is 5.82 Å². The number of aromatic amines is 2. The monoisotopic (exact) mass is 387 g/mol. The summed E-state index contributed by atoms with van der Waals surface area (Å²) in [5.41, 5.74) is 2.25. The molecule has 0 unspecified atom stereocenters. The molecule has 142 valence electrons. The first-order valence-corrected chi connectivity index (χ1v) is 8.06. The number of benzene rings is 1. The molecule has 0 aliphatic heterocycles. The van der Waals surface area contributed by atoms with Crippen molar-refractivity contribution in [1.29, 1.82) is 0 Å². The number of ether oxygens (including phenoxy) is 1. The Morgan fingerprint density at radius 1 is 1.07 bits per heavy atom. The van der Waals surface area contributed by atoms with E-state index in [2.05, 4.69) is 40.3 Å². The third-order valence-corrected chi connectivity index (χ3v) is 3.82. The first-order chi connectivity index (χ1) is 13.5. The molecule has 3 aromatic heterocycles. The molecule has 0 saturated heterocycles. The molecule has 4 rings (SSSR count). The van der Waals surface area contributed by atoms with Crippen LogP contribution < -0.4 is 4.74 Å². The lowest BCUT2D eigenvalue weighted by Gasteiger charge is -2.12. The van der Waals surface area contributed by atoms with E-state index in [0.29, 0.717) is 34.2 Å². The highest BCUT2D eigenvalue weighted by Gasteiger charge is 2.32. The Morgan fingerprint density at radius 2 is 1.93 bits per heavy atom. The van der Waals surface area contributed by atoms with Crippen molar-refractivity contribution in [1.82, 2.24) is 35.6 Å². The Hall–Kier alpha value is -3.76. The summed E-state index contributed by atoms with van der Waals surface area (Å²) >= 11 is 0. The van der Waals surface area contributed by atoms with Crippen molar-refractivity contribution >= 4 is 0 Å². The zero-order valence-corrected chi connectivity index (χ0v) is 14.1. The van der Waals surface area contributed by atoms with Gasteiger partial charge in [-0.3, -0.25) is 4.98 Å². The smallest absolute Gasteiger partial charge is 0.405 e. The number of hydrogen-bond donors (Lipinski definition) is 2. The Balaban J connectivity index is 1.57. The number of nitrogens with zero attached hydrogens (tertiary/aromatic N) is 5. The van der Waals surface area contributed by atoms with Crippen LogP contribution in [0.15, 0.2) is 48.8 Å². The number of tetrazole rings is 1. The quantitative estimate of drug-likeness (QED) is 0.545. The molecule has 0 radical (unpaired) electrons. The summed E-state index contributed by atoms with van der Waals surface area (Å²) in [6.07, 6.45) is -1.47. The molecule has 0 spiro atoms. The molecule has 0 aliphatic carbocycles. The number of para-hydroxylation sites is 1. The highest BCUT2D eigenvalue weighted by Crippen LogP contribution is 2.28. The SMILES string of the molecule is FC(F)(F)Oc1ccccc1Cc1ncc(-c2cc(-c3nn[nH]n3)ccn2)[nH]1. The number of hydrogen-bond acceptors (Lipinski definition) is 6. The summed E-state index contributed by atoms with van der Waals surface area (Å²) in [7, 11) is 0. The Morgan fingerprint density at radius 3 is 2.71 bits per heavy atom. The van der Waals surface area contributed by atoms with Crippen molar-refractivity contribution in [3.63, 3.8) is 0 Å². The number of pyridine rings is 1. The van der Waals surface area contributed by atoms with Crippen LogP contribution in [0.2, 0.25) is 0 Å². The van der Waals surface area contributed by atoms with E-state index in [9.17, 15) is 13.2 Å². The number of imidazole rings is 1. The van der Waals surface area contributed by atoms with E-state index in [1.54, 1.807) is 36.7 Å². The van der Waals surface area contributed by atoms with Crippen molar-refractivity contribution in [2.45, 2.75) is 12.8 Å². The van der Waals surface area contributed by atoms with Gasteiger partial charge in [0, 0.05) is 23.7 Å².